The van der Waals surface area contributed by atoms with Crippen molar-refractivity contribution in [2.24, 2.45) is 0 Å². The van der Waals surface area contributed by atoms with Crippen molar-refractivity contribution >= 4 is 23.4 Å². The van der Waals surface area contributed by atoms with Gasteiger partial charge in [0.2, 0.25) is 5.91 Å². The molecule has 0 spiro atoms. The van der Waals surface area contributed by atoms with Gasteiger partial charge in [0, 0.05) is 23.9 Å². The minimum absolute atomic E-state index is 0.167. The van der Waals surface area contributed by atoms with Gasteiger partial charge in [-0.25, -0.2) is 4.79 Å². The number of thioether (sulfide) groups is 1. The quantitative estimate of drug-likeness (QED) is 0.361. The van der Waals surface area contributed by atoms with Crippen molar-refractivity contribution in [2.75, 3.05) is 44.9 Å². The van der Waals surface area contributed by atoms with Crippen molar-refractivity contribution in [3.05, 3.63) is 39.9 Å². The van der Waals surface area contributed by atoms with Crippen molar-refractivity contribution < 1.29 is 14.3 Å². The number of nitrogens with one attached hydrogen (secondary N) is 1. The fourth-order valence-electron chi connectivity index (χ4n) is 4.31. The zero-order valence-electron chi connectivity index (χ0n) is 20.7. The number of fused-ring (bicyclic) bond motifs is 1. The van der Waals surface area contributed by atoms with Crippen LogP contribution in [0.3, 0.4) is 0 Å². The first-order valence-corrected chi connectivity index (χ1v) is 13.0. The SMILES string of the molecule is CCN(CC)CCCn1c2c(c(SCC(=O)Nc3ccc(OC)cc3OC)nc1=O)CCCC2. The molecule has 0 fully saturated rings. The maximum Gasteiger partial charge on any atom is 0.348 e. The van der Waals surface area contributed by atoms with E-state index in [-0.39, 0.29) is 17.3 Å². The normalized spacial score (nSPS) is 13.0. The fourth-order valence-corrected chi connectivity index (χ4v) is 5.19. The summed E-state index contributed by atoms with van der Waals surface area (Å²) in [6.07, 6.45) is 4.87. The Hall–Kier alpha value is -2.52. The van der Waals surface area contributed by atoms with Crippen molar-refractivity contribution in [1.82, 2.24) is 14.5 Å². The number of hydrogen-bond donors (Lipinski definition) is 1. The Balaban J connectivity index is 1.70. The van der Waals surface area contributed by atoms with Gasteiger partial charge in [-0.15, -0.1) is 0 Å². The summed E-state index contributed by atoms with van der Waals surface area (Å²) in [6, 6.07) is 5.24. The summed E-state index contributed by atoms with van der Waals surface area (Å²) < 4.78 is 12.4. The number of hydrogen-bond acceptors (Lipinski definition) is 7. The standard InChI is InChI=1S/C25H36N4O4S/c1-5-28(6-2)14-9-15-29-21-11-8-7-10-19(21)24(27-25(29)31)34-17-23(30)26-20-13-12-18(32-3)16-22(20)33-4/h12-13,16H,5-11,14-15,17H2,1-4H3,(H,26,30). The Bertz CT molecular complexity index is 1040. The number of ether oxygens (including phenoxy) is 2. The first-order chi connectivity index (χ1) is 16.5. The molecule has 1 aliphatic carbocycles. The van der Waals surface area contributed by atoms with Gasteiger partial charge < -0.3 is 19.7 Å². The number of methoxy groups -OCH3 is 2. The third-order valence-corrected chi connectivity index (χ3v) is 7.24. The summed E-state index contributed by atoms with van der Waals surface area (Å²) in [5.74, 6) is 1.17. The van der Waals surface area contributed by atoms with E-state index in [0.29, 0.717) is 28.8 Å². The molecule has 34 heavy (non-hydrogen) atoms. The number of carbonyl (C=O) groups excluding carboxylic acids is 1. The van der Waals surface area contributed by atoms with E-state index in [1.165, 1.54) is 11.8 Å². The van der Waals surface area contributed by atoms with E-state index in [9.17, 15) is 9.59 Å². The molecule has 0 saturated carbocycles. The van der Waals surface area contributed by atoms with Gasteiger partial charge >= 0.3 is 5.69 Å². The van der Waals surface area contributed by atoms with Crippen molar-refractivity contribution in [3.63, 3.8) is 0 Å². The molecular weight excluding hydrogens is 452 g/mol. The molecule has 0 radical (unpaired) electrons. The van der Waals surface area contributed by atoms with E-state index >= 15 is 0 Å². The van der Waals surface area contributed by atoms with E-state index in [4.69, 9.17) is 9.47 Å². The van der Waals surface area contributed by atoms with Gasteiger partial charge in [0.25, 0.3) is 0 Å². The lowest BCUT2D eigenvalue weighted by Gasteiger charge is -2.24. The van der Waals surface area contributed by atoms with Crippen LogP contribution in [0.4, 0.5) is 5.69 Å². The molecular formula is C25H36N4O4S. The largest absolute Gasteiger partial charge is 0.497 e. The van der Waals surface area contributed by atoms with Crippen LogP contribution in [0.25, 0.3) is 0 Å². The minimum Gasteiger partial charge on any atom is -0.497 e. The van der Waals surface area contributed by atoms with Crippen LogP contribution < -0.4 is 20.5 Å². The second-order valence-electron chi connectivity index (χ2n) is 8.27. The minimum atomic E-state index is -0.208. The van der Waals surface area contributed by atoms with Crippen molar-refractivity contribution in [2.45, 2.75) is 57.5 Å². The van der Waals surface area contributed by atoms with Crippen LogP contribution in [0.5, 0.6) is 11.5 Å². The lowest BCUT2D eigenvalue weighted by atomic mass is 9.97. The summed E-state index contributed by atoms with van der Waals surface area (Å²) in [5.41, 5.74) is 2.60. The lowest BCUT2D eigenvalue weighted by Crippen LogP contribution is -2.32. The third kappa shape index (κ3) is 6.54. The molecule has 9 heteroatoms. The molecule has 0 bridgehead atoms. The monoisotopic (exact) mass is 488 g/mol. The van der Waals surface area contributed by atoms with E-state index in [1.807, 2.05) is 4.57 Å². The molecule has 186 valence electrons. The van der Waals surface area contributed by atoms with Crippen LogP contribution in [-0.4, -0.2) is 60.0 Å². The zero-order valence-corrected chi connectivity index (χ0v) is 21.5. The predicted octanol–water partition coefficient (Wildman–Crippen LogP) is 3.60. The van der Waals surface area contributed by atoms with E-state index < -0.39 is 0 Å². The van der Waals surface area contributed by atoms with Crippen LogP contribution in [-0.2, 0) is 24.2 Å². The Morgan fingerprint density at radius 1 is 1.18 bits per heavy atom. The van der Waals surface area contributed by atoms with Gasteiger partial charge in [0.15, 0.2) is 0 Å². The molecule has 1 aromatic heterocycles. The number of rotatable bonds is 12. The number of aromatic nitrogens is 2. The summed E-state index contributed by atoms with van der Waals surface area (Å²) in [4.78, 5) is 32.3. The van der Waals surface area contributed by atoms with Gasteiger partial charge in [-0.1, -0.05) is 25.6 Å². The molecule has 1 N–H and O–H groups in total. The second-order valence-corrected chi connectivity index (χ2v) is 9.23. The van der Waals surface area contributed by atoms with Gasteiger partial charge in [-0.3, -0.25) is 9.36 Å². The van der Waals surface area contributed by atoms with E-state index in [1.54, 1.807) is 32.4 Å². The summed E-state index contributed by atoms with van der Waals surface area (Å²) >= 11 is 1.33. The smallest absolute Gasteiger partial charge is 0.348 e. The Morgan fingerprint density at radius 3 is 2.65 bits per heavy atom. The molecule has 1 heterocycles. The van der Waals surface area contributed by atoms with Crippen LogP contribution >= 0.6 is 11.8 Å². The van der Waals surface area contributed by atoms with E-state index in [0.717, 1.165) is 63.0 Å². The molecule has 1 amide bonds. The molecule has 0 unspecified atom stereocenters. The third-order valence-electron chi connectivity index (χ3n) is 6.22. The molecule has 0 atom stereocenters. The maximum atomic E-state index is 12.9. The first kappa shape index (κ1) is 26.1. The molecule has 0 saturated heterocycles. The Morgan fingerprint density at radius 2 is 1.94 bits per heavy atom. The Labute approximate surface area is 206 Å². The first-order valence-electron chi connectivity index (χ1n) is 12.0. The molecule has 2 aromatic rings. The number of benzene rings is 1. The van der Waals surface area contributed by atoms with Crippen LogP contribution in [0.2, 0.25) is 0 Å². The number of carbonyl (C=O) groups is 1. The number of nitrogens with zero attached hydrogens (tertiary/aromatic N) is 3. The van der Waals surface area contributed by atoms with Gasteiger partial charge in [0.1, 0.15) is 16.5 Å². The van der Waals surface area contributed by atoms with Crippen LogP contribution in [0.1, 0.15) is 44.4 Å². The fraction of sp³-hybridized carbons (Fsp3) is 0.560. The average Bonchev–Trinajstić information content (AvgIpc) is 2.86. The van der Waals surface area contributed by atoms with Crippen LogP contribution in [0.15, 0.2) is 28.0 Å². The average molecular weight is 489 g/mol. The van der Waals surface area contributed by atoms with E-state index in [2.05, 4.69) is 29.0 Å². The van der Waals surface area contributed by atoms with Gasteiger partial charge in [0.05, 0.1) is 25.7 Å². The summed E-state index contributed by atoms with van der Waals surface area (Å²) in [7, 11) is 3.13. The van der Waals surface area contributed by atoms with Gasteiger partial charge in [-0.2, -0.15) is 4.98 Å². The van der Waals surface area contributed by atoms with Crippen LogP contribution in [0, 0.1) is 0 Å². The molecule has 3 rings (SSSR count). The highest BCUT2D eigenvalue weighted by Crippen LogP contribution is 2.31. The van der Waals surface area contributed by atoms with Gasteiger partial charge in [-0.05, 0) is 63.9 Å². The Kier molecular flexibility index (Phi) is 9.83. The van der Waals surface area contributed by atoms with Crippen molar-refractivity contribution in [1.29, 1.82) is 0 Å². The molecule has 8 nitrogen and oxygen atoms in total. The zero-order chi connectivity index (χ0) is 24.5. The second kappa shape index (κ2) is 12.8. The molecule has 1 aliphatic rings. The number of amides is 1. The molecule has 1 aromatic carbocycles. The highest BCUT2D eigenvalue weighted by Gasteiger charge is 2.21. The molecule has 0 aliphatic heterocycles. The predicted molar refractivity (Wildman–Crippen MR) is 136 cm³/mol. The summed E-state index contributed by atoms with van der Waals surface area (Å²) in [6.45, 7) is 8.01. The lowest BCUT2D eigenvalue weighted by molar-refractivity contribution is -0.113. The highest BCUT2D eigenvalue weighted by molar-refractivity contribution is 8.00. The highest BCUT2D eigenvalue weighted by atomic mass is 32.2. The van der Waals surface area contributed by atoms with Crippen molar-refractivity contribution in [3.8, 4) is 11.5 Å². The number of anilines is 1. The maximum absolute atomic E-state index is 12.9. The topological polar surface area (TPSA) is 85.7 Å². The summed E-state index contributed by atoms with van der Waals surface area (Å²) in [5, 5.41) is 3.57.